The quantitative estimate of drug-likeness (QED) is 0.814. The van der Waals surface area contributed by atoms with Crippen molar-refractivity contribution < 1.29 is 14.3 Å². The van der Waals surface area contributed by atoms with E-state index in [0.29, 0.717) is 23.8 Å². The van der Waals surface area contributed by atoms with Crippen LogP contribution < -0.4 is 15.4 Å². The molecular weight excluding hydrogens is 342 g/mol. The monoisotopic (exact) mass is 367 g/mol. The van der Waals surface area contributed by atoms with Crippen LogP contribution in [0.3, 0.4) is 0 Å². The van der Waals surface area contributed by atoms with Gasteiger partial charge in [-0.05, 0) is 42.7 Å². The third kappa shape index (κ3) is 5.00. The average molecular weight is 367 g/mol. The van der Waals surface area contributed by atoms with Crippen molar-refractivity contribution in [2.45, 2.75) is 6.42 Å². The van der Waals surface area contributed by atoms with E-state index in [9.17, 15) is 9.59 Å². The normalized spacial score (nSPS) is 16.2. The number of nitrogens with two attached hydrogens (primary N) is 1. The SMILES string of the molecule is CN(CC1CCN(c2ccccc2)C1)C(=O)c1cccc(OCC(N)=O)c1. The van der Waals surface area contributed by atoms with Gasteiger partial charge in [0.05, 0.1) is 0 Å². The molecule has 2 amide bonds. The fourth-order valence-corrected chi connectivity index (χ4v) is 3.42. The van der Waals surface area contributed by atoms with E-state index in [0.717, 1.165) is 19.5 Å². The van der Waals surface area contributed by atoms with Crippen LogP contribution >= 0.6 is 0 Å². The Bertz CT molecular complexity index is 794. The molecule has 1 saturated heterocycles. The molecule has 0 spiro atoms. The molecule has 0 radical (unpaired) electrons. The lowest BCUT2D eigenvalue weighted by Crippen LogP contribution is -2.33. The first-order valence-electron chi connectivity index (χ1n) is 9.09. The summed E-state index contributed by atoms with van der Waals surface area (Å²) in [6, 6.07) is 17.2. The molecule has 1 fully saturated rings. The standard InChI is InChI=1S/C21H25N3O3/c1-23(13-16-10-11-24(14-16)18-7-3-2-4-8-18)21(26)17-6-5-9-19(12-17)27-15-20(22)25/h2-9,12,16H,10-11,13-15H2,1H3,(H2,22,25). The van der Waals surface area contributed by atoms with E-state index in [1.807, 2.05) is 25.2 Å². The molecule has 1 heterocycles. The molecule has 1 atom stereocenters. The van der Waals surface area contributed by atoms with Gasteiger partial charge in [-0.1, -0.05) is 24.3 Å². The Hall–Kier alpha value is -3.02. The van der Waals surface area contributed by atoms with E-state index >= 15 is 0 Å². The molecule has 0 aliphatic carbocycles. The summed E-state index contributed by atoms with van der Waals surface area (Å²) in [4.78, 5) is 27.7. The topological polar surface area (TPSA) is 75.9 Å². The first kappa shape index (κ1) is 18.8. The zero-order valence-electron chi connectivity index (χ0n) is 15.5. The number of ether oxygens (including phenoxy) is 1. The Balaban J connectivity index is 1.56. The van der Waals surface area contributed by atoms with Gasteiger partial charge in [-0.15, -0.1) is 0 Å². The highest BCUT2D eigenvalue weighted by Crippen LogP contribution is 2.24. The van der Waals surface area contributed by atoms with Gasteiger partial charge in [0.15, 0.2) is 6.61 Å². The van der Waals surface area contributed by atoms with Crippen molar-refractivity contribution in [3.05, 3.63) is 60.2 Å². The maximum atomic E-state index is 12.7. The minimum atomic E-state index is -0.548. The molecule has 0 bridgehead atoms. The fraction of sp³-hybridized carbons (Fsp3) is 0.333. The Morgan fingerprint density at radius 2 is 1.96 bits per heavy atom. The van der Waals surface area contributed by atoms with E-state index in [-0.39, 0.29) is 12.5 Å². The third-order valence-electron chi connectivity index (χ3n) is 4.75. The molecule has 142 valence electrons. The second-order valence-corrected chi connectivity index (χ2v) is 6.90. The largest absolute Gasteiger partial charge is 0.484 e. The summed E-state index contributed by atoms with van der Waals surface area (Å²) in [6.07, 6.45) is 1.06. The van der Waals surface area contributed by atoms with Gasteiger partial charge in [-0.25, -0.2) is 0 Å². The van der Waals surface area contributed by atoms with Gasteiger partial charge >= 0.3 is 0 Å². The van der Waals surface area contributed by atoms with E-state index in [1.165, 1.54) is 5.69 Å². The van der Waals surface area contributed by atoms with Gasteiger partial charge in [-0.3, -0.25) is 9.59 Å². The predicted molar refractivity (Wildman–Crippen MR) is 105 cm³/mol. The minimum absolute atomic E-state index is 0.0577. The van der Waals surface area contributed by atoms with E-state index in [4.69, 9.17) is 10.5 Å². The lowest BCUT2D eigenvalue weighted by atomic mass is 10.1. The highest BCUT2D eigenvalue weighted by Gasteiger charge is 2.25. The van der Waals surface area contributed by atoms with Crippen LogP contribution in [0.4, 0.5) is 5.69 Å². The number of benzene rings is 2. The van der Waals surface area contributed by atoms with Crippen molar-refractivity contribution >= 4 is 17.5 Å². The Kier molecular flexibility index (Phi) is 5.96. The molecule has 0 aromatic heterocycles. The molecule has 3 rings (SSSR count). The fourth-order valence-electron chi connectivity index (χ4n) is 3.42. The van der Waals surface area contributed by atoms with Crippen LogP contribution in [0.2, 0.25) is 0 Å². The molecule has 2 aromatic carbocycles. The van der Waals surface area contributed by atoms with Crippen LogP contribution in [0.25, 0.3) is 0 Å². The lowest BCUT2D eigenvalue weighted by molar-refractivity contribution is -0.119. The highest BCUT2D eigenvalue weighted by atomic mass is 16.5. The van der Waals surface area contributed by atoms with Crippen molar-refractivity contribution in [1.29, 1.82) is 0 Å². The molecular formula is C21H25N3O3. The van der Waals surface area contributed by atoms with Gasteiger partial charge in [0.25, 0.3) is 11.8 Å². The van der Waals surface area contributed by atoms with Crippen molar-refractivity contribution in [2.75, 3.05) is 38.2 Å². The number of hydrogen-bond acceptors (Lipinski definition) is 4. The van der Waals surface area contributed by atoms with Crippen molar-refractivity contribution in [3.8, 4) is 5.75 Å². The summed E-state index contributed by atoms with van der Waals surface area (Å²) in [5.41, 5.74) is 6.86. The van der Waals surface area contributed by atoms with Gasteiger partial charge in [-0.2, -0.15) is 0 Å². The highest BCUT2D eigenvalue weighted by molar-refractivity contribution is 5.94. The zero-order valence-corrected chi connectivity index (χ0v) is 15.5. The molecule has 27 heavy (non-hydrogen) atoms. The minimum Gasteiger partial charge on any atom is -0.484 e. The number of hydrogen-bond donors (Lipinski definition) is 1. The summed E-state index contributed by atoms with van der Waals surface area (Å²) in [7, 11) is 1.82. The zero-order chi connectivity index (χ0) is 19.2. The van der Waals surface area contributed by atoms with Crippen molar-refractivity contribution in [1.82, 2.24) is 4.90 Å². The summed E-state index contributed by atoms with van der Waals surface area (Å²) in [6.45, 7) is 2.45. The van der Waals surface area contributed by atoms with Crippen LogP contribution in [0.5, 0.6) is 5.75 Å². The second-order valence-electron chi connectivity index (χ2n) is 6.90. The first-order chi connectivity index (χ1) is 13.0. The Morgan fingerprint density at radius 3 is 2.70 bits per heavy atom. The number of carbonyl (C=O) groups is 2. The third-order valence-corrected chi connectivity index (χ3v) is 4.75. The van der Waals surface area contributed by atoms with E-state index in [1.54, 1.807) is 29.2 Å². The van der Waals surface area contributed by atoms with Crippen molar-refractivity contribution in [3.63, 3.8) is 0 Å². The average Bonchev–Trinajstić information content (AvgIpc) is 3.15. The molecule has 1 aliphatic rings. The molecule has 2 aromatic rings. The number of anilines is 1. The lowest BCUT2D eigenvalue weighted by Gasteiger charge is -2.23. The second kappa shape index (κ2) is 8.58. The van der Waals surface area contributed by atoms with Gasteiger partial charge in [0, 0.05) is 37.9 Å². The summed E-state index contributed by atoms with van der Waals surface area (Å²) >= 11 is 0. The number of nitrogens with zero attached hydrogens (tertiary/aromatic N) is 2. The summed E-state index contributed by atoms with van der Waals surface area (Å²) in [5.74, 6) is 0.295. The van der Waals surface area contributed by atoms with Gasteiger partial charge in [0.2, 0.25) is 0 Å². The number of carbonyl (C=O) groups excluding carboxylic acids is 2. The van der Waals surface area contributed by atoms with Crippen LogP contribution in [-0.2, 0) is 4.79 Å². The number of amides is 2. The number of rotatable bonds is 7. The molecule has 1 aliphatic heterocycles. The molecule has 2 N–H and O–H groups in total. The van der Waals surface area contributed by atoms with Gasteiger partial charge < -0.3 is 20.3 Å². The molecule has 6 nitrogen and oxygen atoms in total. The van der Waals surface area contributed by atoms with E-state index in [2.05, 4.69) is 17.0 Å². The Labute approximate surface area is 159 Å². The smallest absolute Gasteiger partial charge is 0.255 e. The van der Waals surface area contributed by atoms with Crippen molar-refractivity contribution in [2.24, 2.45) is 11.7 Å². The summed E-state index contributed by atoms with van der Waals surface area (Å²) < 4.78 is 5.28. The first-order valence-corrected chi connectivity index (χ1v) is 9.09. The number of para-hydroxylation sites is 1. The molecule has 0 saturated carbocycles. The maximum absolute atomic E-state index is 12.7. The van der Waals surface area contributed by atoms with Crippen LogP contribution in [0, 0.1) is 5.92 Å². The van der Waals surface area contributed by atoms with Crippen LogP contribution in [0.1, 0.15) is 16.8 Å². The molecule has 1 unspecified atom stereocenters. The van der Waals surface area contributed by atoms with Crippen LogP contribution in [-0.4, -0.2) is 50.0 Å². The molecule has 6 heteroatoms. The predicted octanol–water partition coefficient (Wildman–Crippen LogP) is 2.15. The summed E-state index contributed by atoms with van der Waals surface area (Å²) in [5, 5.41) is 0. The van der Waals surface area contributed by atoms with Gasteiger partial charge in [0.1, 0.15) is 5.75 Å². The van der Waals surface area contributed by atoms with Crippen LogP contribution in [0.15, 0.2) is 54.6 Å². The van der Waals surface area contributed by atoms with E-state index < -0.39 is 5.91 Å². The number of primary amides is 1. The Morgan fingerprint density at radius 1 is 1.19 bits per heavy atom. The maximum Gasteiger partial charge on any atom is 0.255 e.